The van der Waals surface area contributed by atoms with Gasteiger partial charge in [-0.2, -0.15) is 5.10 Å². The summed E-state index contributed by atoms with van der Waals surface area (Å²) in [7, 11) is 0. The summed E-state index contributed by atoms with van der Waals surface area (Å²) < 4.78 is 6.56. The Hall–Kier alpha value is -2.70. The molecule has 102 valence electrons. The highest BCUT2D eigenvalue weighted by molar-refractivity contribution is 5.79. The largest absolute Gasteiger partial charge is 0.466 e. The number of aromatic nitrogens is 5. The lowest BCUT2D eigenvalue weighted by molar-refractivity contribution is -0.142. The van der Waals surface area contributed by atoms with E-state index in [9.17, 15) is 4.79 Å². The Labute approximate surface area is 114 Å². The topological polar surface area (TPSA) is 85.7 Å². The molecule has 7 nitrogen and oxygen atoms in total. The molecule has 2 aromatic heterocycles. The van der Waals surface area contributed by atoms with Crippen LogP contribution in [0, 0.1) is 0 Å². The van der Waals surface area contributed by atoms with Gasteiger partial charge in [0.15, 0.2) is 0 Å². The molecule has 0 amide bonds. The Balaban J connectivity index is 1.89. The van der Waals surface area contributed by atoms with Crippen molar-refractivity contribution < 1.29 is 9.53 Å². The van der Waals surface area contributed by atoms with Gasteiger partial charge < -0.3 is 9.72 Å². The molecule has 0 unspecified atom stereocenters. The Morgan fingerprint density at radius 3 is 3.10 bits per heavy atom. The molecule has 1 N–H and O–H groups in total. The van der Waals surface area contributed by atoms with Crippen molar-refractivity contribution in [2.45, 2.75) is 13.3 Å². The van der Waals surface area contributed by atoms with Crippen LogP contribution in [0.1, 0.15) is 12.7 Å². The predicted octanol–water partition coefficient (Wildman–Crippen LogP) is 1.25. The van der Waals surface area contributed by atoms with E-state index < -0.39 is 0 Å². The SMILES string of the molecule is CCOC(=O)Cc1nc2ccc(-n3cncn3)cc2[nH]1. The van der Waals surface area contributed by atoms with Crippen LogP contribution in [0.3, 0.4) is 0 Å². The molecule has 0 aliphatic carbocycles. The van der Waals surface area contributed by atoms with E-state index in [0.717, 1.165) is 16.7 Å². The van der Waals surface area contributed by atoms with E-state index in [1.807, 2.05) is 18.2 Å². The fourth-order valence-electron chi connectivity index (χ4n) is 1.97. The normalized spacial score (nSPS) is 10.8. The lowest BCUT2D eigenvalue weighted by Gasteiger charge is -1.98. The van der Waals surface area contributed by atoms with Crippen molar-refractivity contribution in [3.8, 4) is 5.69 Å². The third kappa shape index (κ3) is 2.37. The first-order valence-electron chi connectivity index (χ1n) is 6.25. The number of hydrogen-bond donors (Lipinski definition) is 1. The summed E-state index contributed by atoms with van der Waals surface area (Å²) in [4.78, 5) is 22.8. The summed E-state index contributed by atoms with van der Waals surface area (Å²) in [6.45, 7) is 2.15. The molecule has 0 saturated heterocycles. The van der Waals surface area contributed by atoms with Crippen molar-refractivity contribution in [2.75, 3.05) is 6.61 Å². The molecular weight excluding hydrogens is 258 g/mol. The number of H-pyrrole nitrogens is 1. The number of ether oxygens (including phenoxy) is 1. The van der Waals surface area contributed by atoms with Crippen molar-refractivity contribution in [2.24, 2.45) is 0 Å². The number of nitrogens with one attached hydrogen (secondary N) is 1. The maximum Gasteiger partial charge on any atom is 0.313 e. The molecule has 0 spiro atoms. The molecule has 0 bridgehead atoms. The number of esters is 1. The monoisotopic (exact) mass is 271 g/mol. The average molecular weight is 271 g/mol. The number of fused-ring (bicyclic) bond motifs is 1. The van der Waals surface area contributed by atoms with E-state index in [-0.39, 0.29) is 12.4 Å². The van der Waals surface area contributed by atoms with Crippen LogP contribution >= 0.6 is 0 Å². The lowest BCUT2D eigenvalue weighted by atomic mass is 10.3. The molecule has 3 rings (SSSR count). The molecule has 7 heteroatoms. The van der Waals surface area contributed by atoms with Gasteiger partial charge in [0.25, 0.3) is 0 Å². The zero-order valence-electron chi connectivity index (χ0n) is 10.9. The van der Waals surface area contributed by atoms with Gasteiger partial charge in [-0.05, 0) is 25.1 Å². The van der Waals surface area contributed by atoms with Crippen LogP contribution in [0.4, 0.5) is 0 Å². The maximum absolute atomic E-state index is 11.4. The van der Waals surface area contributed by atoms with E-state index in [1.165, 1.54) is 6.33 Å². The van der Waals surface area contributed by atoms with Crippen LogP contribution in [0.2, 0.25) is 0 Å². The quantitative estimate of drug-likeness (QED) is 0.722. The highest BCUT2D eigenvalue weighted by Gasteiger charge is 2.09. The first kappa shape index (κ1) is 12.3. The van der Waals surface area contributed by atoms with E-state index in [2.05, 4.69) is 20.1 Å². The fourth-order valence-corrected chi connectivity index (χ4v) is 1.97. The molecule has 0 atom stereocenters. The number of benzene rings is 1. The van der Waals surface area contributed by atoms with Crippen molar-refractivity contribution >= 4 is 17.0 Å². The predicted molar refractivity (Wildman–Crippen MR) is 71.3 cm³/mol. The van der Waals surface area contributed by atoms with Gasteiger partial charge in [-0.3, -0.25) is 4.79 Å². The van der Waals surface area contributed by atoms with Crippen molar-refractivity contribution in [1.82, 2.24) is 24.7 Å². The lowest BCUT2D eigenvalue weighted by Crippen LogP contribution is -2.08. The second-order valence-electron chi connectivity index (χ2n) is 4.21. The minimum Gasteiger partial charge on any atom is -0.466 e. The van der Waals surface area contributed by atoms with E-state index in [4.69, 9.17) is 4.74 Å². The molecule has 0 aliphatic heterocycles. The first-order valence-corrected chi connectivity index (χ1v) is 6.25. The molecule has 0 aliphatic rings. The summed E-state index contributed by atoms with van der Waals surface area (Å²) in [6.07, 6.45) is 3.24. The number of carbonyl (C=O) groups is 1. The second-order valence-corrected chi connectivity index (χ2v) is 4.21. The van der Waals surface area contributed by atoms with Gasteiger partial charge in [0.2, 0.25) is 0 Å². The van der Waals surface area contributed by atoms with Gasteiger partial charge in [-0.1, -0.05) is 0 Å². The molecule has 0 fully saturated rings. The minimum absolute atomic E-state index is 0.140. The van der Waals surface area contributed by atoms with Gasteiger partial charge in [-0.15, -0.1) is 0 Å². The van der Waals surface area contributed by atoms with Crippen LogP contribution in [0.25, 0.3) is 16.7 Å². The summed E-state index contributed by atoms with van der Waals surface area (Å²) in [5, 5.41) is 4.07. The Bertz CT molecular complexity index is 732. The van der Waals surface area contributed by atoms with E-state index in [0.29, 0.717) is 12.4 Å². The van der Waals surface area contributed by atoms with Gasteiger partial charge in [0, 0.05) is 0 Å². The average Bonchev–Trinajstić information content (AvgIpc) is 3.06. The van der Waals surface area contributed by atoms with Crippen molar-refractivity contribution in [1.29, 1.82) is 0 Å². The van der Waals surface area contributed by atoms with Crippen LogP contribution < -0.4 is 0 Å². The number of hydrogen-bond acceptors (Lipinski definition) is 5. The van der Waals surface area contributed by atoms with Crippen LogP contribution in [0.5, 0.6) is 0 Å². The Kier molecular flexibility index (Phi) is 3.16. The zero-order chi connectivity index (χ0) is 13.9. The number of rotatable bonds is 4. The smallest absolute Gasteiger partial charge is 0.313 e. The summed E-state index contributed by atoms with van der Waals surface area (Å²) in [5.74, 6) is 0.303. The van der Waals surface area contributed by atoms with Crippen LogP contribution in [0.15, 0.2) is 30.9 Å². The third-order valence-electron chi connectivity index (χ3n) is 2.81. The first-order chi connectivity index (χ1) is 9.76. The fraction of sp³-hybridized carbons (Fsp3) is 0.231. The second kappa shape index (κ2) is 5.12. The van der Waals surface area contributed by atoms with Gasteiger partial charge in [0.05, 0.1) is 23.3 Å². The standard InChI is InChI=1S/C13H13N5O2/c1-2-20-13(19)6-12-16-10-4-3-9(5-11(10)17-12)18-8-14-7-15-18/h3-5,7-8H,2,6H2,1H3,(H,16,17). The highest BCUT2D eigenvalue weighted by atomic mass is 16.5. The molecular formula is C13H13N5O2. The number of aromatic amines is 1. The molecule has 0 saturated carbocycles. The van der Waals surface area contributed by atoms with Crippen LogP contribution in [-0.4, -0.2) is 37.3 Å². The third-order valence-corrected chi connectivity index (χ3v) is 2.81. The van der Waals surface area contributed by atoms with Gasteiger partial charge in [-0.25, -0.2) is 14.6 Å². The Morgan fingerprint density at radius 2 is 2.35 bits per heavy atom. The number of imidazole rings is 1. The number of carbonyl (C=O) groups excluding carboxylic acids is 1. The number of nitrogens with zero attached hydrogens (tertiary/aromatic N) is 4. The summed E-state index contributed by atoms with van der Waals surface area (Å²) >= 11 is 0. The molecule has 1 aromatic carbocycles. The highest BCUT2D eigenvalue weighted by Crippen LogP contribution is 2.16. The zero-order valence-corrected chi connectivity index (χ0v) is 10.9. The van der Waals surface area contributed by atoms with Crippen LogP contribution in [-0.2, 0) is 16.0 Å². The molecule has 0 radical (unpaired) electrons. The van der Waals surface area contributed by atoms with Crippen molar-refractivity contribution in [3.63, 3.8) is 0 Å². The summed E-state index contributed by atoms with van der Waals surface area (Å²) in [6, 6.07) is 5.68. The molecule has 20 heavy (non-hydrogen) atoms. The minimum atomic E-state index is -0.289. The van der Waals surface area contributed by atoms with E-state index in [1.54, 1.807) is 17.9 Å². The van der Waals surface area contributed by atoms with Crippen molar-refractivity contribution in [3.05, 3.63) is 36.7 Å². The van der Waals surface area contributed by atoms with Gasteiger partial charge in [0.1, 0.15) is 24.9 Å². The Morgan fingerprint density at radius 1 is 1.45 bits per heavy atom. The molecule has 2 heterocycles. The maximum atomic E-state index is 11.4. The summed E-state index contributed by atoms with van der Waals surface area (Å²) in [5.41, 5.74) is 2.52. The van der Waals surface area contributed by atoms with Gasteiger partial charge >= 0.3 is 5.97 Å². The van der Waals surface area contributed by atoms with E-state index >= 15 is 0 Å². The molecule has 3 aromatic rings.